The monoisotopic (exact) mass is 222 g/mol. The molecule has 1 aliphatic carbocycles. The molecule has 0 N–H and O–H groups in total. The van der Waals surface area contributed by atoms with Crippen LogP contribution in [0.25, 0.3) is 0 Å². The van der Waals surface area contributed by atoms with Gasteiger partial charge in [-0.05, 0) is 25.3 Å². The zero-order chi connectivity index (χ0) is 11.6. The van der Waals surface area contributed by atoms with Crippen molar-refractivity contribution < 1.29 is 13.9 Å². The van der Waals surface area contributed by atoms with Crippen LogP contribution in [0.4, 0.5) is 4.39 Å². The first-order valence-corrected chi connectivity index (χ1v) is 5.45. The second kappa shape index (κ2) is 4.24. The van der Waals surface area contributed by atoms with Crippen molar-refractivity contribution in [2.24, 2.45) is 5.41 Å². The second-order valence-corrected chi connectivity index (χ2v) is 4.63. The van der Waals surface area contributed by atoms with Crippen LogP contribution in [0.3, 0.4) is 0 Å². The molecule has 3 heteroatoms. The molecule has 0 aliphatic heterocycles. The molecule has 2 nitrogen and oxygen atoms in total. The largest absolute Gasteiger partial charge is 0.460 e. The van der Waals surface area contributed by atoms with E-state index in [1.807, 2.05) is 30.3 Å². The predicted molar refractivity (Wildman–Crippen MR) is 58.5 cm³/mol. The third-order valence-electron chi connectivity index (χ3n) is 3.05. The number of esters is 1. The van der Waals surface area contributed by atoms with Gasteiger partial charge in [-0.15, -0.1) is 0 Å². The Balaban J connectivity index is 1.85. The van der Waals surface area contributed by atoms with Crippen LogP contribution in [-0.2, 0) is 16.1 Å². The van der Waals surface area contributed by atoms with E-state index in [2.05, 4.69) is 0 Å². The molecule has 1 aromatic rings. The Kier molecular flexibility index (Phi) is 2.95. The summed E-state index contributed by atoms with van der Waals surface area (Å²) in [6.07, 6.45) is -0.254. The number of hydrogen-bond acceptors (Lipinski definition) is 2. The van der Waals surface area contributed by atoms with Gasteiger partial charge >= 0.3 is 5.97 Å². The number of halogens is 1. The fourth-order valence-electron chi connectivity index (χ4n) is 1.98. The molecule has 1 aliphatic rings. The number of ether oxygens (including phenoxy) is 1. The molecular weight excluding hydrogens is 207 g/mol. The van der Waals surface area contributed by atoms with Gasteiger partial charge < -0.3 is 4.74 Å². The summed E-state index contributed by atoms with van der Waals surface area (Å²) in [6, 6.07) is 9.49. The number of carbonyl (C=O) groups excluding carboxylic acids is 1. The highest BCUT2D eigenvalue weighted by Gasteiger charge is 2.47. The summed E-state index contributed by atoms with van der Waals surface area (Å²) in [5.74, 6) is -0.287. The average Bonchev–Trinajstić information content (AvgIpc) is 2.25. The van der Waals surface area contributed by atoms with Gasteiger partial charge in [-0.25, -0.2) is 4.39 Å². The van der Waals surface area contributed by atoms with Crippen LogP contribution < -0.4 is 0 Å². The second-order valence-electron chi connectivity index (χ2n) is 4.63. The highest BCUT2D eigenvalue weighted by atomic mass is 19.1. The van der Waals surface area contributed by atoms with Gasteiger partial charge in [0.15, 0.2) is 0 Å². The molecule has 0 heterocycles. The van der Waals surface area contributed by atoms with E-state index in [4.69, 9.17) is 4.74 Å². The Morgan fingerprint density at radius 2 is 2.06 bits per heavy atom. The van der Waals surface area contributed by atoms with E-state index in [0.29, 0.717) is 12.8 Å². The third-order valence-corrected chi connectivity index (χ3v) is 3.05. The number of carbonyl (C=O) groups is 1. The third kappa shape index (κ3) is 2.23. The van der Waals surface area contributed by atoms with E-state index in [1.165, 1.54) is 0 Å². The van der Waals surface area contributed by atoms with Crippen molar-refractivity contribution in [1.29, 1.82) is 0 Å². The Morgan fingerprint density at radius 1 is 1.44 bits per heavy atom. The smallest absolute Gasteiger partial charge is 0.312 e. The molecule has 0 aromatic heterocycles. The minimum absolute atomic E-state index is 0.270. The molecule has 0 bridgehead atoms. The highest BCUT2D eigenvalue weighted by molar-refractivity contribution is 5.77. The minimum Gasteiger partial charge on any atom is -0.460 e. The fourth-order valence-corrected chi connectivity index (χ4v) is 1.98. The summed E-state index contributed by atoms with van der Waals surface area (Å²) in [6.45, 7) is 2.03. The summed E-state index contributed by atoms with van der Waals surface area (Å²) in [4.78, 5) is 11.7. The van der Waals surface area contributed by atoms with Crippen LogP contribution in [0.15, 0.2) is 30.3 Å². The molecule has 0 atom stereocenters. The standard InChI is InChI=1S/C13H15FO2/c1-13(7-11(14)8-13)12(15)16-9-10-5-3-2-4-6-10/h2-6,11H,7-9H2,1H3. The van der Waals surface area contributed by atoms with E-state index in [0.717, 1.165) is 5.56 Å². The molecule has 1 fully saturated rings. The molecule has 0 spiro atoms. The Bertz CT molecular complexity index is 369. The summed E-state index contributed by atoms with van der Waals surface area (Å²) in [5.41, 5.74) is 0.351. The first-order chi connectivity index (χ1) is 7.60. The average molecular weight is 222 g/mol. The van der Waals surface area contributed by atoms with Gasteiger partial charge in [0.2, 0.25) is 0 Å². The van der Waals surface area contributed by atoms with Crippen molar-refractivity contribution in [3.05, 3.63) is 35.9 Å². The molecule has 1 saturated carbocycles. The van der Waals surface area contributed by atoms with Crippen LogP contribution in [0.1, 0.15) is 25.3 Å². The van der Waals surface area contributed by atoms with Crippen LogP contribution in [-0.4, -0.2) is 12.1 Å². The van der Waals surface area contributed by atoms with Crippen LogP contribution in [0.5, 0.6) is 0 Å². The van der Waals surface area contributed by atoms with E-state index < -0.39 is 11.6 Å². The molecule has 0 unspecified atom stereocenters. The molecule has 0 amide bonds. The minimum atomic E-state index is -0.839. The van der Waals surface area contributed by atoms with Crippen molar-refractivity contribution in [3.63, 3.8) is 0 Å². The zero-order valence-electron chi connectivity index (χ0n) is 9.28. The van der Waals surface area contributed by atoms with Gasteiger partial charge in [0, 0.05) is 0 Å². The quantitative estimate of drug-likeness (QED) is 0.735. The van der Waals surface area contributed by atoms with Crippen molar-refractivity contribution in [2.75, 3.05) is 0 Å². The lowest BCUT2D eigenvalue weighted by Gasteiger charge is -2.38. The van der Waals surface area contributed by atoms with E-state index >= 15 is 0 Å². The summed E-state index contributed by atoms with van der Waals surface area (Å²) in [5, 5.41) is 0. The molecule has 0 saturated heterocycles. The number of rotatable bonds is 3. The summed E-state index contributed by atoms with van der Waals surface area (Å²) in [7, 11) is 0. The highest BCUT2D eigenvalue weighted by Crippen LogP contribution is 2.43. The van der Waals surface area contributed by atoms with E-state index in [1.54, 1.807) is 6.92 Å². The summed E-state index contributed by atoms with van der Waals surface area (Å²) >= 11 is 0. The van der Waals surface area contributed by atoms with Gasteiger partial charge in [0.1, 0.15) is 12.8 Å². The van der Waals surface area contributed by atoms with Gasteiger partial charge in [-0.1, -0.05) is 30.3 Å². The maximum Gasteiger partial charge on any atom is 0.312 e. The Hall–Kier alpha value is -1.38. The first-order valence-electron chi connectivity index (χ1n) is 5.45. The molecule has 16 heavy (non-hydrogen) atoms. The van der Waals surface area contributed by atoms with Crippen LogP contribution in [0, 0.1) is 5.41 Å². The number of alkyl halides is 1. The Morgan fingerprint density at radius 3 is 2.62 bits per heavy atom. The molecular formula is C13H15FO2. The molecule has 1 aromatic carbocycles. The molecule has 86 valence electrons. The number of hydrogen-bond donors (Lipinski definition) is 0. The number of benzene rings is 1. The van der Waals surface area contributed by atoms with Crippen molar-refractivity contribution in [2.45, 2.75) is 32.5 Å². The zero-order valence-corrected chi connectivity index (χ0v) is 9.28. The Labute approximate surface area is 94.4 Å². The van der Waals surface area contributed by atoms with Crippen molar-refractivity contribution in [1.82, 2.24) is 0 Å². The maximum absolute atomic E-state index is 12.7. The van der Waals surface area contributed by atoms with Crippen molar-refractivity contribution in [3.8, 4) is 0 Å². The van der Waals surface area contributed by atoms with Crippen molar-refractivity contribution >= 4 is 5.97 Å². The van der Waals surface area contributed by atoms with Gasteiger partial charge in [-0.2, -0.15) is 0 Å². The summed E-state index contributed by atoms with van der Waals surface area (Å²) < 4.78 is 17.9. The van der Waals surface area contributed by atoms with Gasteiger partial charge in [0.25, 0.3) is 0 Å². The van der Waals surface area contributed by atoms with Gasteiger partial charge in [0.05, 0.1) is 5.41 Å². The topological polar surface area (TPSA) is 26.3 Å². The van der Waals surface area contributed by atoms with E-state index in [9.17, 15) is 9.18 Å². The van der Waals surface area contributed by atoms with Crippen LogP contribution in [0.2, 0.25) is 0 Å². The van der Waals surface area contributed by atoms with Gasteiger partial charge in [-0.3, -0.25) is 4.79 Å². The molecule has 2 rings (SSSR count). The lowest BCUT2D eigenvalue weighted by molar-refractivity contribution is -0.165. The SMILES string of the molecule is CC1(C(=O)OCc2ccccc2)CC(F)C1. The lowest BCUT2D eigenvalue weighted by Crippen LogP contribution is -2.43. The lowest BCUT2D eigenvalue weighted by atomic mass is 9.69. The predicted octanol–water partition coefficient (Wildman–Crippen LogP) is 2.87. The normalized spacial score (nSPS) is 28.2. The maximum atomic E-state index is 12.7. The first kappa shape index (κ1) is 11.1. The van der Waals surface area contributed by atoms with E-state index in [-0.39, 0.29) is 12.6 Å². The van der Waals surface area contributed by atoms with Crippen LogP contribution >= 0.6 is 0 Å². The molecule has 0 radical (unpaired) electrons. The fraction of sp³-hybridized carbons (Fsp3) is 0.462.